The van der Waals surface area contributed by atoms with Crippen LogP contribution in [0.5, 0.6) is 0 Å². The van der Waals surface area contributed by atoms with E-state index in [4.69, 9.17) is 0 Å². The molecular weight excluding hydrogens is 296 g/mol. The second-order valence-electron chi connectivity index (χ2n) is 5.97. The molecule has 1 aromatic carbocycles. The maximum Gasteiger partial charge on any atom is 0.326 e. The monoisotopic (exact) mass is 320 g/mol. The average molecular weight is 320 g/mol. The van der Waals surface area contributed by atoms with E-state index in [0.717, 1.165) is 5.56 Å². The van der Waals surface area contributed by atoms with E-state index in [2.05, 4.69) is 10.6 Å². The van der Waals surface area contributed by atoms with E-state index in [9.17, 15) is 19.5 Å². The Morgan fingerprint density at radius 3 is 2.13 bits per heavy atom. The van der Waals surface area contributed by atoms with Crippen molar-refractivity contribution in [2.24, 2.45) is 5.92 Å². The van der Waals surface area contributed by atoms with Gasteiger partial charge in [-0.2, -0.15) is 0 Å². The summed E-state index contributed by atoms with van der Waals surface area (Å²) in [5.74, 6) is -1.71. The quantitative estimate of drug-likeness (QED) is 0.674. The fourth-order valence-electron chi connectivity index (χ4n) is 2.27. The van der Waals surface area contributed by atoms with Crippen molar-refractivity contribution in [3.05, 3.63) is 35.9 Å². The predicted molar refractivity (Wildman–Crippen MR) is 86.8 cm³/mol. The third-order valence-electron chi connectivity index (χ3n) is 3.30. The van der Waals surface area contributed by atoms with Gasteiger partial charge in [0.2, 0.25) is 11.8 Å². The van der Waals surface area contributed by atoms with Gasteiger partial charge in [-0.05, 0) is 17.9 Å². The maximum absolute atomic E-state index is 12.3. The molecule has 6 nitrogen and oxygen atoms in total. The third-order valence-corrected chi connectivity index (χ3v) is 3.30. The first-order chi connectivity index (χ1) is 10.8. The fraction of sp³-hybridized carbons (Fsp3) is 0.471. The van der Waals surface area contributed by atoms with Crippen molar-refractivity contribution in [1.29, 1.82) is 0 Å². The summed E-state index contributed by atoms with van der Waals surface area (Å²) in [7, 11) is 0. The lowest BCUT2D eigenvalue weighted by atomic mass is 10.0. The number of rotatable bonds is 8. The summed E-state index contributed by atoms with van der Waals surface area (Å²) in [6.07, 6.45) is 0.638. The van der Waals surface area contributed by atoms with Gasteiger partial charge in [-0.15, -0.1) is 0 Å². The zero-order valence-electron chi connectivity index (χ0n) is 13.7. The van der Waals surface area contributed by atoms with Crippen molar-refractivity contribution < 1.29 is 19.5 Å². The van der Waals surface area contributed by atoms with Crippen LogP contribution in [0.25, 0.3) is 0 Å². The van der Waals surface area contributed by atoms with E-state index < -0.39 is 24.0 Å². The van der Waals surface area contributed by atoms with Crippen LogP contribution in [0.2, 0.25) is 0 Å². The van der Waals surface area contributed by atoms with Crippen LogP contribution >= 0.6 is 0 Å². The Balaban J connectivity index is 2.78. The Morgan fingerprint density at radius 2 is 1.65 bits per heavy atom. The van der Waals surface area contributed by atoms with E-state index >= 15 is 0 Å². The second-order valence-corrected chi connectivity index (χ2v) is 5.97. The van der Waals surface area contributed by atoms with Gasteiger partial charge in [0.25, 0.3) is 0 Å². The molecule has 3 N–H and O–H groups in total. The Bertz CT molecular complexity index is 543. The maximum atomic E-state index is 12.3. The van der Waals surface area contributed by atoms with Crippen LogP contribution in [-0.4, -0.2) is 35.0 Å². The van der Waals surface area contributed by atoms with Crippen LogP contribution in [0, 0.1) is 5.92 Å². The van der Waals surface area contributed by atoms with Gasteiger partial charge in [-0.25, -0.2) is 4.79 Å². The highest BCUT2D eigenvalue weighted by atomic mass is 16.4. The summed E-state index contributed by atoms with van der Waals surface area (Å²) in [5, 5.41) is 14.4. The normalized spacial score (nSPS) is 13.2. The molecule has 0 spiro atoms. The predicted octanol–water partition coefficient (Wildman–Crippen LogP) is 1.35. The van der Waals surface area contributed by atoms with Gasteiger partial charge in [0.15, 0.2) is 0 Å². The van der Waals surface area contributed by atoms with E-state index in [1.807, 2.05) is 44.2 Å². The molecule has 0 unspecified atom stereocenters. The van der Waals surface area contributed by atoms with Crippen LogP contribution in [0.3, 0.4) is 0 Å². The smallest absolute Gasteiger partial charge is 0.326 e. The van der Waals surface area contributed by atoms with Gasteiger partial charge in [0.05, 0.1) is 0 Å². The highest BCUT2D eigenvalue weighted by molar-refractivity contribution is 5.90. The van der Waals surface area contributed by atoms with Gasteiger partial charge in [0.1, 0.15) is 12.1 Å². The summed E-state index contributed by atoms with van der Waals surface area (Å²) >= 11 is 0. The minimum atomic E-state index is -1.10. The molecule has 0 heterocycles. The number of hydrogen-bond donors (Lipinski definition) is 3. The Labute approximate surface area is 136 Å². The number of benzene rings is 1. The minimum absolute atomic E-state index is 0.190. The van der Waals surface area contributed by atoms with Crippen molar-refractivity contribution in [3.8, 4) is 0 Å². The molecule has 0 fully saturated rings. The third kappa shape index (κ3) is 6.95. The molecule has 1 aromatic rings. The summed E-state index contributed by atoms with van der Waals surface area (Å²) < 4.78 is 0. The van der Waals surface area contributed by atoms with Crippen LogP contribution < -0.4 is 10.6 Å². The van der Waals surface area contributed by atoms with Crippen LogP contribution in [-0.2, 0) is 20.8 Å². The van der Waals surface area contributed by atoms with E-state index in [1.54, 1.807) is 0 Å². The van der Waals surface area contributed by atoms with Crippen molar-refractivity contribution in [3.63, 3.8) is 0 Å². The minimum Gasteiger partial charge on any atom is -0.480 e. The van der Waals surface area contributed by atoms with E-state index in [1.165, 1.54) is 6.92 Å². The van der Waals surface area contributed by atoms with E-state index in [-0.39, 0.29) is 18.2 Å². The van der Waals surface area contributed by atoms with Gasteiger partial charge >= 0.3 is 5.97 Å². The van der Waals surface area contributed by atoms with E-state index in [0.29, 0.717) is 6.42 Å². The van der Waals surface area contributed by atoms with Gasteiger partial charge in [0, 0.05) is 13.3 Å². The molecule has 0 aliphatic rings. The molecule has 23 heavy (non-hydrogen) atoms. The van der Waals surface area contributed by atoms with Crippen molar-refractivity contribution in [2.45, 2.75) is 45.7 Å². The van der Waals surface area contributed by atoms with Crippen molar-refractivity contribution >= 4 is 17.8 Å². The number of carboxylic acids is 1. The Morgan fingerprint density at radius 1 is 1.04 bits per heavy atom. The lowest BCUT2D eigenvalue weighted by Gasteiger charge is -2.22. The fourth-order valence-corrected chi connectivity index (χ4v) is 2.27. The standard InChI is InChI=1S/C17H24N2O4/c1-11(2)9-14(18-12(3)20)16(21)19-15(17(22)23)10-13-7-5-4-6-8-13/h4-8,11,14-15H,9-10H2,1-3H3,(H,18,20)(H,19,21)(H,22,23)/t14-,15-/m0/s1. The van der Waals surface area contributed by atoms with Crippen LogP contribution in [0.4, 0.5) is 0 Å². The molecule has 0 radical (unpaired) electrons. The molecule has 0 aliphatic heterocycles. The number of hydrogen-bond acceptors (Lipinski definition) is 3. The highest BCUT2D eigenvalue weighted by Gasteiger charge is 2.26. The molecular formula is C17H24N2O4. The lowest BCUT2D eigenvalue weighted by Crippen LogP contribution is -2.52. The van der Waals surface area contributed by atoms with Gasteiger partial charge in [-0.3, -0.25) is 9.59 Å². The Hall–Kier alpha value is -2.37. The van der Waals surface area contributed by atoms with Gasteiger partial charge in [-0.1, -0.05) is 44.2 Å². The zero-order valence-corrected chi connectivity index (χ0v) is 13.7. The van der Waals surface area contributed by atoms with Crippen LogP contribution in [0.1, 0.15) is 32.8 Å². The first-order valence-electron chi connectivity index (χ1n) is 7.63. The molecule has 0 bridgehead atoms. The summed E-state index contributed by atoms with van der Waals surface area (Å²) in [5.41, 5.74) is 0.820. The number of carboxylic acid groups (broad SMARTS) is 1. The summed E-state index contributed by atoms with van der Waals surface area (Å²) in [4.78, 5) is 35.0. The molecule has 0 saturated heterocycles. The van der Waals surface area contributed by atoms with Crippen LogP contribution in [0.15, 0.2) is 30.3 Å². The molecule has 2 atom stereocenters. The van der Waals surface area contributed by atoms with Crippen molar-refractivity contribution in [2.75, 3.05) is 0 Å². The number of carbonyl (C=O) groups is 3. The molecule has 0 saturated carbocycles. The topological polar surface area (TPSA) is 95.5 Å². The van der Waals surface area contributed by atoms with Gasteiger partial charge < -0.3 is 15.7 Å². The molecule has 0 aliphatic carbocycles. The molecule has 0 aromatic heterocycles. The zero-order chi connectivity index (χ0) is 17.4. The van der Waals surface area contributed by atoms with Crippen molar-refractivity contribution in [1.82, 2.24) is 10.6 Å². The molecule has 1 rings (SSSR count). The molecule has 6 heteroatoms. The lowest BCUT2D eigenvalue weighted by molar-refractivity contribution is -0.142. The number of nitrogens with one attached hydrogen (secondary N) is 2. The SMILES string of the molecule is CC(=O)N[C@@H](CC(C)C)C(=O)N[C@@H](Cc1ccccc1)C(=O)O. The molecule has 126 valence electrons. The number of aliphatic carboxylic acids is 1. The largest absolute Gasteiger partial charge is 0.480 e. The first kappa shape index (κ1) is 18.7. The first-order valence-corrected chi connectivity index (χ1v) is 7.63. The summed E-state index contributed by atoms with van der Waals surface area (Å²) in [6, 6.07) is 7.32. The molecule has 2 amide bonds. The second kappa shape index (κ2) is 8.92. The average Bonchev–Trinajstić information content (AvgIpc) is 2.45. The number of amides is 2. The summed E-state index contributed by atoms with van der Waals surface area (Å²) in [6.45, 7) is 5.20. The number of carbonyl (C=O) groups excluding carboxylic acids is 2. The Kier molecular flexibility index (Phi) is 7.25. The highest BCUT2D eigenvalue weighted by Crippen LogP contribution is 2.07.